The molecule has 5 heteroatoms. The van der Waals surface area contributed by atoms with Gasteiger partial charge in [0, 0.05) is 11.5 Å². The van der Waals surface area contributed by atoms with Crippen molar-refractivity contribution in [2.75, 3.05) is 0 Å². The molecule has 0 saturated heterocycles. The summed E-state index contributed by atoms with van der Waals surface area (Å²) in [5.41, 5.74) is 2.34. The summed E-state index contributed by atoms with van der Waals surface area (Å²) in [5, 5.41) is 1.41. The molecule has 0 heterocycles. The van der Waals surface area contributed by atoms with E-state index in [1.807, 2.05) is 42.5 Å². The van der Waals surface area contributed by atoms with Crippen molar-refractivity contribution in [3.63, 3.8) is 0 Å². The van der Waals surface area contributed by atoms with Gasteiger partial charge in [-0.2, -0.15) is 0 Å². The summed E-state index contributed by atoms with van der Waals surface area (Å²) in [4.78, 5) is 0.322. The molecule has 0 aromatic heterocycles. The first-order valence-corrected chi connectivity index (χ1v) is 12.0. The second kappa shape index (κ2) is 9.83. The Morgan fingerprint density at radius 2 is 1.07 bits per heavy atom. The van der Waals surface area contributed by atoms with Gasteiger partial charge >= 0.3 is 0 Å². The number of sulfone groups is 1. The summed E-state index contributed by atoms with van der Waals surface area (Å²) in [5.74, 6) is 1.47. The van der Waals surface area contributed by atoms with E-state index >= 15 is 0 Å². The molecule has 0 aliphatic carbocycles. The van der Waals surface area contributed by atoms with Gasteiger partial charge in [0.15, 0.2) is 0 Å². The topological polar surface area (TPSA) is 34.1 Å². The summed E-state index contributed by atoms with van der Waals surface area (Å²) in [6.45, 7) is 0. The van der Waals surface area contributed by atoms with Crippen LogP contribution >= 0.6 is 23.5 Å². The first-order valence-electron chi connectivity index (χ1n) is 8.49. The van der Waals surface area contributed by atoms with Gasteiger partial charge in [0.1, 0.15) is 0 Å². The number of benzene rings is 3. The minimum absolute atomic E-state index is 0.322. The van der Waals surface area contributed by atoms with Crippen LogP contribution in [-0.4, -0.2) is 8.42 Å². The second-order valence-corrected chi connectivity index (χ2v) is 9.93. The molecule has 0 bridgehead atoms. The monoisotopic (exact) mass is 412 g/mol. The van der Waals surface area contributed by atoms with Crippen molar-refractivity contribution >= 4 is 33.4 Å². The molecule has 0 aliphatic rings. The molecule has 0 amide bonds. The summed E-state index contributed by atoms with van der Waals surface area (Å²) < 4.78 is 26.3. The SMILES string of the molecule is O=S(=O)(C=C(SCc1ccccc1)SCc1ccccc1)c1ccccc1. The lowest BCUT2D eigenvalue weighted by Gasteiger charge is -2.08. The minimum Gasteiger partial charge on any atom is -0.219 e. The molecule has 0 unspecified atom stereocenters. The van der Waals surface area contributed by atoms with Gasteiger partial charge in [-0.3, -0.25) is 0 Å². The highest BCUT2D eigenvalue weighted by Gasteiger charge is 2.13. The lowest BCUT2D eigenvalue weighted by molar-refractivity contribution is 0.604. The van der Waals surface area contributed by atoms with E-state index in [0.29, 0.717) is 4.90 Å². The average molecular weight is 413 g/mol. The Bertz CT molecular complexity index is 922. The van der Waals surface area contributed by atoms with Gasteiger partial charge in [-0.05, 0) is 23.3 Å². The molecule has 0 fully saturated rings. The van der Waals surface area contributed by atoms with Crippen molar-refractivity contribution in [1.82, 2.24) is 0 Å². The fraction of sp³-hybridized carbons (Fsp3) is 0.0909. The molecule has 0 radical (unpaired) electrons. The number of hydrogen-bond donors (Lipinski definition) is 0. The Labute approximate surface area is 169 Å². The Morgan fingerprint density at radius 3 is 1.52 bits per heavy atom. The first-order chi connectivity index (χ1) is 13.1. The molecule has 27 heavy (non-hydrogen) atoms. The van der Waals surface area contributed by atoms with E-state index < -0.39 is 9.84 Å². The van der Waals surface area contributed by atoms with Crippen molar-refractivity contribution in [2.24, 2.45) is 0 Å². The van der Waals surface area contributed by atoms with Gasteiger partial charge in [-0.15, -0.1) is 23.5 Å². The van der Waals surface area contributed by atoms with Crippen LogP contribution in [0, 0.1) is 0 Å². The molecule has 0 atom stereocenters. The summed E-state index contributed by atoms with van der Waals surface area (Å²) in [6, 6.07) is 28.7. The summed E-state index contributed by atoms with van der Waals surface area (Å²) >= 11 is 3.12. The second-order valence-electron chi connectivity index (χ2n) is 5.84. The maximum absolute atomic E-state index is 12.8. The van der Waals surface area contributed by atoms with Crippen molar-refractivity contribution in [2.45, 2.75) is 16.4 Å². The van der Waals surface area contributed by atoms with Crippen LogP contribution in [0.1, 0.15) is 11.1 Å². The Balaban J connectivity index is 1.79. The van der Waals surface area contributed by atoms with Gasteiger partial charge in [0.25, 0.3) is 0 Å². The lowest BCUT2D eigenvalue weighted by Crippen LogP contribution is -1.97. The lowest BCUT2D eigenvalue weighted by atomic mass is 10.2. The Morgan fingerprint density at radius 1 is 0.667 bits per heavy atom. The molecule has 0 aliphatic heterocycles. The third-order valence-corrected chi connectivity index (χ3v) is 8.01. The largest absolute Gasteiger partial charge is 0.219 e. The minimum atomic E-state index is -3.47. The van der Waals surface area contributed by atoms with Crippen LogP contribution in [0.4, 0.5) is 0 Å². The molecule has 2 nitrogen and oxygen atoms in total. The average Bonchev–Trinajstić information content (AvgIpc) is 2.72. The maximum atomic E-state index is 12.8. The van der Waals surface area contributed by atoms with Gasteiger partial charge in [0.05, 0.1) is 14.5 Å². The van der Waals surface area contributed by atoms with Crippen LogP contribution in [-0.2, 0) is 21.3 Å². The van der Waals surface area contributed by atoms with Crippen LogP contribution in [0.2, 0.25) is 0 Å². The number of thioether (sulfide) groups is 2. The molecular weight excluding hydrogens is 392 g/mol. The predicted octanol–water partition coefficient (Wildman–Crippen LogP) is 6.13. The highest BCUT2D eigenvalue weighted by atomic mass is 32.2. The van der Waals surface area contributed by atoms with Gasteiger partial charge in [0.2, 0.25) is 9.84 Å². The van der Waals surface area contributed by atoms with Crippen LogP contribution < -0.4 is 0 Å². The van der Waals surface area contributed by atoms with Crippen LogP contribution in [0.5, 0.6) is 0 Å². The molecule has 3 rings (SSSR count). The van der Waals surface area contributed by atoms with Crippen LogP contribution in [0.15, 0.2) is 106 Å². The van der Waals surface area contributed by atoms with E-state index in [1.165, 1.54) is 16.5 Å². The van der Waals surface area contributed by atoms with E-state index in [0.717, 1.165) is 15.7 Å². The summed E-state index contributed by atoms with van der Waals surface area (Å²) in [7, 11) is -3.47. The molecule has 3 aromatic carbocycles. The van der Waals surface area contributed by atoms with Crippen molar-refractivity contribution in [3.8, 4) is 0 Å². The van der Waals surface area contributed by atoms with E-state index in [4.69, 9.17) is 0 Å². The van der Waals surface area contributed by atoms with Gasteiger partial charge < -0.3 is 0 Å². The zero-order chi connectivity index (χ0) is 19.0. The van der Waals surface area contributed by atoms with E-state index in [-0.39, 0.29) is 0 Å². The molecule has 0 saturated carbocycles. The highest BCUT2D eigenvalue weighted by molar-refractivity contribution is 8.22. The molecule has 0 N–H and O–H groups in total. The fourth-order valence-electron chi connectivity index (χ4n) is 2.37. The first kappa shape index (κ1) is 19.8. The Hall–Kier alpha value is -1.95. The Kier molecular flexibility index (Phi) is 7.21. The van der Waals surface area contributed by atoms with Gasteiger partial charge in [-0.25, -0.2) is 8.42 Å². The third kappa shape index (κ3) is 6.31. The van der Waals surface area contributed by atoms with E-state index in [2.05, 4.69) is 24.3 Å². The van der Waals surface area contributed by atoms with Crippen LogP contribution in [0.3, 0.4) is 0 Å². The molecular formula is C22H20O2S3. The van der Waals surface area contributed by atoms with Gasteiger partial charge in [-0.1, -0.05) is 78.9 Å². The smallest absolute Gasteiger partial charge is 0.201 e. The van der Waals surface area contributed by atoms with Crippen LogP contribution in [0.25, 0.3) is 0 Å². The van der Waals surface area contributed by atoms with Crippen molar-refractivity contribution in [1.29, 1.82) is 0 Å². The summed E-state index contributed by atoms with van der Waals surface area (Å²) in [6.07, 6.45) is 0. The fourth-order valence-corrected chi connectivity index (χ4v) is 6.29. The zero-order valence-corrected chi connectivity index (χ0v) is 17.1. The quantitative estimate of drug-likeness (QED) is 0.446. The highest BCUT2D eigenvalue weighted by Crippen LogP contribution is 2.35. The van der Waals surface area contributed by atoms with Crippen molar-refractivity contribution < 1.29 is 8.42 Å². The van der Waals surface area contributed by atoms with E-state index in [9.17, 15) is 8.42 Å². The molecule has 3 aromatic rings. The third-order valence-electron chi connectivity index (χ3n) is 3.77. The number of hydrogen-bond acceptors (Lipinski definition) is 4. The van der Waals surface area contributed by atoms with E-state index in [1.54, 1.807) is 47.8 Å². The normalized spacial score (nSPS) is 11.1. The standard InChI is InChI=1S/C22H20O2S3/c23-27(24,21-14-8-3-9-15-21)18-22(25-16-19-10-4-1-5-11-19)26-17-20-12-6-2-7-13-20/h1-15,18H,16-17H2. The zero-order valence-electron chi connectivity index (χ0n) is 14.7. The molecule has 138 valence electrons. The molecule has 0 spiro atoms. The maximum Gasteiger partial charge on any atom is 0.201 e. The number of rotatable bonds is 8. The predicted molar refractivity (Wildman–Crippen MR) is 117 cm³/mol. The van der Waals surface area contributed by atoms with Crippen molar-refractivity contribution in [3.05, 3.63) is 112 Å².